The quantitative estimate of drug-likeness (QED) is 0.0719. The molecule has 47 heavy (non-hydrogen) atoms. The number of fused-ring (bicyclic) bond motifs is 1. The van der Waals surface area contributed by atoms with Crippen LogP contribution in [0.1, 0.15) is 52.4 Å². The molecule has 234 valence electrons. The van der Waals surface area contributed by atoms with E-state index in [4.69, 9.17) is 9.47 Å². The van der Waals surface area contributed by atoms with Gasteiger partial charge in [0.1, 0.15) is 12.4 Å². The third kappa shape index (κ3) is 8.60. The Kier molecular flexibility index (Phi) is 10.8. The zero-order valence-corrected chi connectivity index (χ0v) is 27.4. The first-order chi connectivity index (χ1) is 23.2. The Morgan fingerprint density at radius 2 is 1.34 bits per heavy atom. The van der Waals surface area contributed by atoms with Crippen LogP contribution in [0.4, 0.5) is 0 Å². The molecule has 0 aromatic heterocycles. The first kappa shape index (κ1) is 31.9. The van der Waals surface area contributed by atoms with Crippen molar-refractivity contribution in [2.24, 2.45) is 0 Å². The van der Waals surface area contributed by atoms with Crippen molar-refractivity contribution in [3.05, 3.63) is 173 Å². The fourth-order valence-electron chi connectivity index (χ4n) is 5.59. The summed E-state index contributed by atoms with van der Waals surface area (Å²) in [4.78, 5) is 16.2. The zero-order chi connectivity index (χ0) is 32.3. The summed E-state index contributed by atoms with van der Waals surface area (Å²) in [6.07, 6.45) is 4.72. The molecule has 0 amide bonds. The van der Waals surface area contributed by atoms with Gasteiger partial charge in [-0.1, -0.05) is 128 Å². The predicted molar refractivity (Wildman–Crippen MR) is 195 cm³/mol. The lowest BCUT2D eigenvalue weighted by Gasteiger charge is -2.17. The first-order valence-electron chi connectivity index (χ1n) is 16.1. The van der Waals surface area contributed by atoms with Crippen molar-refractivity contribution in [1.29, 1.82) is 0 Å². The second kappa shape index (κ2) is 16.0. The highest BCUT2D eigenvalue weighted by Gasteiger charge is 2.19. The molecule has 6 aromatic carbocycles. The van der Waals surface area contributed by atoms with Crippen molar-refractivity contribution in [2.45, 2.75) is 42.6 Å². The molecule has 0 saturated carbocycles. The molecule has 0 spiro atoms. The maximum atomic E-state index is 13.8. The Morgan fingerprint density at radius 1 is 0.681 bits per heavy atom. The molecule has 3 nitrogen and oxygen atoms in total. The summed E-state index contributed by atoms with van der Waals surface area (Å²) in [7, 11) is 0. The van der Waals surface area contributed by atoms with Gasteiger partial charge in [-0.05, 0) is 100 Å². The summed E-state index contributed by atoms with van der Waals surface area (Å²) in [5.41, 5.74) is 5.88. The van der Waals surface area contributed by atoms with Crippen LogP contribution in [0.3, 0.4) is 0 Å². The van der Waals surface area contributed by atoms with Gasteiger partial charge in [0.15, 0.2) is 0 Å². The van der Waals surface area contributed by atoms with E-state index in [-0.39, 0.29) is 12.6 Å². The van der Waals surface area contributed by atoms with Gasteiger partial charge in [-0.15, -0.1) is 0 Å². The Hall–Kier alpha value is -5.06. The molecule has 0 atom stereocenters. The molecule has 6 rings (SSSR count). The molecular formula is C43H38O3S. The van der Waals surface area contributed by atoms with Crippen LogP contribution in [-0.4, -0.2) is 12.6 Å². The van der Waals surface area contributed by atoms with E-state index >= 15 is 0 Å². The maximum Gasteiger partial charge on any atom is 0.339 e. The largest absolute Gasteiger partial charge is 0.494 e. The highest BCUT2D eigenvalue weighted by Crippen LogP contribution is 2.34. The number of carbonyl (C=O) groups excluding carboxylic acids is 1. The fraction of sp³-hybridized carbons (Fsp3) is 0.140. The number of aryl methyl sites for hydroxylation is 1. The minimum Gasteiger partial charge on any atom is -0.494 e. The van der Waals surface area contributed by atoms with Crippen molar-refractivity contribution in [3.63, 3.8) is 0 Å². The average molecular weight is 635 g/mol. The van der Waals surface area contributed by atoms with E-state index in [1.165, 1.54) is 10.5 Å². The predicted octanol–water partition coefficient (Wildman–Crippen LogP) is 11.3. The molecule has 0 bridgehead atoms. The van der Waals surface area contributed by atoms with E-state index in [1.807, 2.05) is 84.9 Å². The van der Waals surface area contributed by atoms with Crippen LogP contribution >= 0.6 is 11.8 Å². The van der Waals surface area contributed by atoms with Crippen LogP contribution in [0.15, 0.2) is 155 Å². The molecule has 0 heterocycles. The number of ether oxygens (including phenoxy) is 2. The summed E-state index contributed by atoms with van der Waals surface area (Å²) in [6.45, 7) is 2.92. The minimum atomic E-state index is -0.334. The van der Waals surface area contributed by atoms with Crippen molar-refractivity contribution in [1.82, 2.24) is 0 Å². The number of benzene rings is 6. The van der Waals surface area contributed by atoms with Crippen LogP contribution in [0.2, 0.25) is 0 Å². The molecule has 0 aliphatic rings. The molecular weight excluding hydrogens is 597 g/mol. The van der Waals surface area contributed by atoms with E-state index in [9.17, 15) is 4.79 Å². The number of allylic oxidation sites excluding steroid dienone is 1. The Morgan fingerprint density at radius 3 is 2.09 bits per heavy atom. The van der Waals surface area contributed by atoms with E-state index < -0.39 is 0 Å². The van der Waals surface area contributed by atoms with Crippen LogP contribution in [-0.2, 0) is 17.8 Å². The third-order valence-electron chi connectivity index (χ3n) is 8.07. The normalized spacial score (nSPS) is 11.4. The molecule has 0 unspecified atom stereocenters. The fourth-order valence-corrected chi connectivity index (χ4v) is 6.42. The number of carbonyl (C=O) groups is 1. The third-order valence-corrected chi connectivity index (χ3v) is 9.09. The second-order valence-corrected chi connectivity index (χ2v) is 12.5. The standard InChI is InChI=1S/C43H38O3S/c1-2-32-19-24-37(25-20-32)45-29-11-15-36(30-33-12-5-3-6-13-33)42-40-18-10-9-14-35(40)23-28-41(42)43(44)46-31-34-21-26-39(27-22-34)47-38-16-7-4-8-17-38/h3-10,12-14,16-28,30H,2,11,15,29,31H2,1H3/b36-30-. The van der Waals surface area contributed by atoms with Crippen molar-refractivity contribution in [3.8, 4) is 5.75 Å². The van der Waals surface area contributed by atoms with Crippen molar-refractivity contribution in [2.75, 3.05) is 6.61 Å². The van der Waals surface area contributed by atoms with Crippen LogP contribution in [0.5, 0.6) is 5.75 Å². The molecule has 4 heteroatoms. The van der Waals surface area contributed by atoms with Gasteiger partial charge in [-0.2, -0.15) is 0 Å². The van der Waals surface area contributed by atoms with Crippen LogP contribution in [0, 0.1) is 0 Å². The van der Waals surface area contributed by atoms with Gasteiger partial charge in [-0.25, -0.2) is 4.79 Å². The maximum absolute atomic E-state index is 13.8. The average Bonchev–Trinajstić information content (AvgIpc) is 3.13. The van der Waals surface area contributed by atoms with Gasteiger partial charge in [0, 0.05) is 9.79 Å². The number of hydrogen-bond acceptors (Lipinski definition) is 4. The molecule has 0 radical (unpaired) electrons. The summed E-state index contributed by atoms with van der Waals surface area (Å²) in [5, 5.41) is 2.11. The van der Waals surface area contributed by atoms with Gasteiger partial charge in [0.2, 0.25) is 0 Å². The monoisotopic (exact) mass is 634 g/mol. The van der Waals surface area contributed by atoms with Crippen LogP contribution in [0.25, 0.3) is 22.4 Å². The van der Waals surface area contributed by atoms with Crippen molar-refractivity contribution < 1.29 is 14.3 Å². The van der Waals surface area contributed by atoms with Gasteiger partial charge >= 0.3 is 5.97 Å². The number of esters is 1. The van der Waals surface area contributed by atoms with Gasteiger partial charge in [-0.3, -0.25) is 0 Å². The number of rotatable bonds is 13. The lowest BCUT2D eigenvalue weighted by atomic mass is 9.89. The zero-order valence-electron chi connectivity index (χ0n) is 26.6. The first-order valence-corrected chi connectivity index (χ1v) is 17.0. The summed E-state index contributed by atoms with van der Waals surface area (Å²) in [5.74, 6) is 0.539. The lowest BCUT2D eigenvalue weighted by Crippen LogP contribution is -2.09. The van der Waals surface area contributed by atoms with E-state index in [0.29, 0.717) is 12.2 Å². The molecule has 0 saturated heterocycles. The van der Waals surface area contributed by atoms with E-state index in [0.717, 1.165) is 62.9 Å². The van der Waals surface area contributed by atoms with Gasteiger partial charge in [0.05, 0.1) is 12.2 Å². The van der Waals surface area contributed by atoms with Gasteiger partial charge < -0.3 is 9.47 Å². The van der Waals surface area contributed by atoms with Crippen molar-refractivity contribution >= 4 is 40.2 Å². The topological polar surface area (TPSA) is 35.5 Å². The van der Waals surface area contributed by atoms with E-state index in [2.05, 4.69) is 73.7 Å². The molecule has 0 aliphatic carbocycles. The summed E-state index contributed by atoms with van der Waals surface area (Å²) < 4.78 is 12.1. The molecule has 6 aromatic rings. The highest BCUT2D eigenvalue weighted by molar-refractivity contribution is 7.99. The lowest BCUT2D eigenvalue weighted by molar-refractivity contribution is 0.0472. The SMILES string of the molecule is CCc1ccc(OCCC/C(=C/c2ccccc2)c2c(C(=O)OCc3ccc(Sc4ccccc4)cc3)ccc3ccccc23)cc1. The second-order valence-electron chi connectivity index (χ2n) is 11.4. The summed E-state index contributed by atoms with van der Waals surface area (Å²) in [6, 6.07) is 49.2. The molecule has 0 fully saturated rings. The van der Waals surface area contributed by atoms with Gasteiger partial charge in [0.25, 0.3) is 0 Å². The smallest absolute Gasteiger partial charge is 0.339 e. The molecule has 0 N–H and O–H groups in total. The number of hydrogen-bond donors (Lipinski definition) is 0. The summed E-state index contributed by atoms with van der Waals surface area (Å²) >= 11 is 1.71. The molecule has 0 aliphatic heterocycles. The van der Waals surface area contributed by atoms with Crippen LogP contribution < -0.4 is 4.74 Å². The minimum absolute atomic E-state index is 0.198. The highest BCUT2D eigenvalue weighted by atomic mass is 32.2. The Labute approximate surface area is 281 Å². The Bertz CT molecular complexity index is 1930. The van der Waals surface area contributed by atoms with E-state index in [1.54, 1.807) is 11.8 Å². The Balaban J connectivity index is 1.23.